The van der Waals surface area contributed by atoms with Gasteiger partial charge in [0.05, 0.1) is 10.6 Å². The molecule has 2 aromatic rings. The van der Waals surface area contributed by atoms with E-state index in [9.17, 15) is 12.8 Å². The van der Waals surface area contributed by atoms with Crippen LogP contribution in [0.2, 0.25) is 0 Å². The van der Waals surface area contributed by atoms with Crippen molar-refractivity contribution in [2.45, 2.75) is 18.0 Å². The Morgan fingerprint density at radius 2 is 1.76 bits per heavy atom. The van der Waals surface area contributed by atoms with E-state index in [1.165, 1.54) is 12.3 Å². The average molecular weight is 308 g/mol. The maximum Gasteiger partial charge on any atom is 0.175 e. The minimum absolute atomic E-state index is 0.150. The van der Waals surface area contributed by atoms with E-state index in [1.807, 2.05) is 0 Å². The van der Waals surface area contributed by atoms with Gasteiger partial charge in [0.15, 0.2) is 9.84 Å². The van der Waals surface area contributed by atoms with Crippen molar-refractivity contribution in [2.75, 3.05) is 12.0 Å². The number of anilines is 1. The Bertz CT molecular complexity index is 728. The maximum absolute atomic E-state index is 13.3. The third-order valence-electron chi connectivity index (χ3n) is 3.14. The lowest BCUT2D eigenvalue weighted by molar-refractivity contribution is 0.602. The molecule has 3 N–H and O–H groups in total. The van der Waals surface area contributed by atoms with Gasteiger partial charge in [-0.3, -0.25) is 0 Å². The van der Waals surface area contributed by atoms with Gasteiger partial charge in [-0.15, -0.1) is 0 Å². The van der Waals surface area contributed by atoms with Crippen LogP contribution in [0.5, 0.6) is 0 Å². The summed E-state index contributed by atoms with van der Waals surface area (Å²) in [4.78, 5) is 0.292. The minimum Gasteiger partial charge on any atom is -0.396 e. The monoisotopic (exact) mass is 308 g/mol. The predicted octanol–water partition coefficient (Wildman–Crippen LogP) is 2.10. The van der Waals surface area contributed by atoms with Crippen LogP contribution < -0.4 is 11.1 Å². The summed E-state index contributed by atoms with van der Waals surface area (Å²) < 4.78 is 36.0. The molecule has 2 rings (SSSR count). The molecule has 0 aliphatic rings. The average Bonchev–Trinajstić information content (AvgIpc) is 2.43. The molecule has 0 heterocycles. The van der Waals surface area contributed by atoms with E-state index in [0.29, 0.717) is 23.5 Å². The standard InChI is InChI=1S/C15H17FN2O2S/c1-21(19,20)13-7-5-11(6-8-13)9-18-10-12-3-2-4-14(16)15(12)17/h2-8,18H,9-10,17H2,1H3. The molecule has 0 amide bonds. The highest BCUT2D eigenvalue weighted by molar-refractivity contribution is 7.90. The largest absolute Gasteiger partial charge is 0.396 e. The number of nitrogens with one attached hydrogen (secondary N) is 1. The first-order valence-corrected chi connectivity index (χ1v) is 8.29. The van der Waals surface area contributed by atoms with Gasteiger partial charge in [0.25, 0.3) is 0 Å². The lowest BCUT2D eigenvalue weighted by Crippen LogP contribution is -2.14. The number of halogens is 1. The first-order chi connectivity index (χ1) is 9.88. The lowest BCUT2D eigenvalue weighted by atomic mass is 10.1. The van der Waals surface area contributed by atoms with E-state index in [2.05, 4.69) is 5.32 Å². The maximum atomic E-state index is 13.3. The van der Waals surface area contributed by atoms with Gasteiger partial charge in [-0.05, 0) is 29.3 Å². The van der Waals surface area contributed by atoms with E-state index in [1.54, 1.807) is 36.4 Å². The second-order valence-corrected chi connectivity index (χ2v) is 6.85. The highest BCUT2D eigenvalue weighted by atomic mass is 32.2. The van der Waals surface area contributed by atoms with E-state index in [-0.39, 0.29) is 5.69 Å². The van der Waals surface area contributed by atoms with Gasteiger partial charge in [-0.2, -0.15) is 0 Å². The van der Waals surface area contributed by atoms with Gasteiger partial charge in [-0.25, -0.2) is 12.8 Å². The summed E-state index contributed by atoms with van der Waals surface area (Å²) in [6.45, 7) is 0.984. The van der Waals surface area contributed by atoms with Gasteiger partial charge in [0, 0.05) is 19.3 Å². The molecule has 0 saturated heterocycles. The van der Waals surface area contributed by atoms with Crippen molar-refractivity contribution in [1.29, 1.82) is 0 Å². The molecule has 0 atom stereocenters. The zero-order valence-corrected chi connectivity index (χ0v) is 12.5. The molecule has 21 heavy (non-hydrogen) atoms. The molecule has 0 aliphatic carbocycles. The van der Waals surface area contributed by atoms with Crippen LogP contribution >= 0.6 is 0 Å². The fourth-order valence-electron chi connectivity index (χ4n) is 1.93. The fraction of sp³-hybridized carbons (Fsp3) is 0.200. The topological polar surface area (TPSA) is 72.2 Å². The van der Waals surface area contributed by atoms with Crippen LogP contribution in [0.15, 0.2) is 47.4 Å². The van der Waals surface area contributed by atoms with Crippen LogP contribution in [0.25, 0.3) is 0 Å². The van der Waals surface area contributed by atoms with E-state index < -0.39 is 15.7 Å². The van der Waals surface area contributed by atoms with Gasteiger partial charge in [-0.1, -0.05) is 24.3 Å². The Balaban J connectivity index is 1.96. The van der Waals surface area contributed by atoms with Crippen LogP contribution in [-0.2, 0) is 22.9 Å². The number of sulfone groups is 1. The summed E-state index contributed by atoms with van der Waals surface area (Å²) in [7, 11) is -3.17. The van der Waals surface area contributed by atoms with Crippen LogP contribution in [0.3, 0.4) is 0 Å². The Hall–Kier alpha value is -1.92. The molecule has 0 saturated carbocycles. The van der Waals surface area contributed by atoms with Gasteiger partial charge in [0.2, 0.25) is 0 Å². The summed E-state index contributed by atoms with van der Waals surface area (Å²) in [6, 6.07) is 11.3. The molecule has 0 aliphatic heterocycles. The Morgan fingerprint density at radius 1 is 1.10 bits per heavy atom. The zero-order valence-electron chi connectivity index (χ0n) is 11.6. The molecule has 0 fully saturated rings. The Labute approximate surface area is 123 Å². The van der Waals surface area contributed by atoms with Crippen LogP contribution in [0.1, 0.15) is 11.1 Å². The summed E-state index contributed by atoms with van der Waals surface area (Å²) in [5.41, 5.74) is 7.44. The molecule has 0 bridgehead atoms. The third-order valence-corrected chi connectivity index (χ3v) is 4.27. The zero-order chi connectivity index (χ0) is 15.5. The van der Waals surface area contributed by atoms with Gasteiger partial charge < -0.3 is 11.1 Å². The van der Waals surface area contributed by atoms with Crippen LogP contribution in [0.4, 0.5) is 10.1 Å². The number of nitrogen functional groups attached to an aromatic ring is 1. The highest BCUT2D eigenvalue weighted by Crippen LogP contribution is 2.15. The smallest absolute Gasteiger partial charge is 0.175 e. The molecular weight excluding hydrogens is 291 g/mol. The SMILES string of the molecule is CS(=O)(=O)c1ccc(CNCc2cccc(F)c2N)cc1. The molecule has 0 radical (unpaired) electrons. The third kappa shape index (κ3) is 4.03. The van der Waals surface area contributed by atoms with Crippen molar-refractivity contribution in [2.24, 2.45) is 0 Å². The highest BCUT2D eigenvalue weighted by Gasteiger charge is 2.06. The lowest BCUT2D eigenvalue weighted by Gasteiger charge is -2.08. The molecule has 6 heteroatoms. The van der Waals surface area contributed by atoms with Crippen LogP contribution in [0, 0.1) is 5.82 Å². The number of benzene rings is 2. The number of nitrogens with two attached hydrogens (primary N) is 1. The van der Waals surface area contributed by atoms with E-state index >= 15 is 0 Å². The first-order valence-electron chi connectivity index (χ1n) is 6.40. The number of para-hydroxylation sites is 1. The molecule has 0 unspecified atom stereocenters. The summed E-state index contributed by atoms with van der Waals surface area (Å²) >= 11 is 0. The number of hydrogen-bond acceptors (Lipinski definition) is 4. The van der Waals surface area contributed by atoms with Gasteiger partial charge in [0.1, 0.15) is 5.82 Å². The van der Waals surface area contributed by atoms with Crippen molar-refractivity contribution >= 4 is 15.5 Å². The van der Waals surface area contributed by atoms with Crippen molar-refractivity contribution < 1.29 is 12.8 Å². The summed E-state index contributed by atoms with van der Waals surface area (Å²) in [5, 5.41) is 3.15. The van der Waals surface area contributed by atoms with Crippen molar-refractivity contribution in [1.82, 2.24) is 5.32 Å². The Kier molecular flexibility index (Phi) is 4.59. The molecule has 2 aromatic carbocycles. The number of hydrogen-bond donors (Lipinski definition) is 2. The van der Waals surface area contributed by atoms with Crippen LogP contribution in [-0.4, -0.2) is 14.7 Å². The van der Waals surface area contributed by atoms with Gasteiger partial charge >= 0.3 is 0 Å². The quantitative estimate of drug-likeness (QED) is 0.830. The van der Waals surface area contributed by atoms with Crippen molar-refractivity contribution in [3.05, 3.63) is 59.4 Å². The summed E-state index contributed by atoms with van der Waals surface area (Å²) in [6.07, 6.45) is 1.17. The molecule has 112 valence electrons. The fourth-order valence-corrected chi connectivity index (χ4v) is 2.56. The van der Waals surface area contributed by atoms with Crippen molar-refractivity contribution in [3.8, 4) is 0 Å². The molecule has 0 aromatic heterocycles. The predicted molar refractivity (Wildman–Crippen MR) is 80.9 cm³/mol. The second-order valence-electron chi connectivity index (χ2n) is 4.83. The normalized spacial score (nSPS) is 11.5. The second kappa shape index (κ2) is 6.24. The summed E-state index contributed by atoms with van der Waals surface area (Å²) in [5.74, 6) is -0.424. The van der Waals surface area contributed by atoms with E-state index in [0.717, 1.165) is 5.56 Å². The molecular formula is C15H17FN2O2S. The first kappa shape index (κ1) is 15.5. The van der Waals surface area contributed by atoms with Crippen molar-refractivity contribution in [3.63, 3.8) is 0 Å². The molecule has 4 nitrogen and oxygen atoms in total. The molecule has 0 spiro atoms. The minimum atomic E-state index is -3.17. The Morgan fingerprint density at radius 3 is 2.38 bits per heavy atom. The van der Waals surface area contributed by atoms with E-state index in [4.69, 9.17) is 5.73 Å². The number of rotatable bonds is 5.